The van der Waals surface area contributed by atoms with Crippen molar-refractivity contribution in [2.45, 2.75) is 219 Å². The number of ether oxygens (including phenoxy) is 1. The van der Waals surface area contributed by atoms with Gasteiger partial charge in [-0.3, -0.25) is 9.59 Å². The number of carboxylic acids is 1. The van der Waals surface area contributed by atoms with Gasteiger partial charge in [-0.15, -0.1) is 0 Å². The maximum absolute atomic E-state index is 13.1. The standard InChI is InChI=1S/C38H72O4/c1-3-5-7-9-11-13-15-16-17-18-19-21-23-25-27-31-34(30-26-24-22-20-14-12-10-8-6-4-2)42-38(41)36-33-29-28-32-35(36)37(39)40/h34-36H,3-33H2,1-2H3,(H,39,40). The molecule has 0 spiro atoms. The zero-order chi connectivity index (χ0) is 30.5. The first kappa shape index (κ1) is 39.0. The maximum atomic E-state index is 13.1. The highest BCUT2D eigenvalue weighted by Crippen LogP contribution is 2.32. The van der Waals surface area contributed by atoms with E-state index in [1.165, 1.54) is 148 Å². The van der Waals surface area contributed by atoms with E-state index in [1.807, 2.05) is 0 Å². The molecule has 1 fully saturated rings. The van der Waals surface area contributed by atoms with Crippen LogP contribution >= 0.6 is 0 Å². The van der Waals surface area contributed by atoms with Crippen molar-refractivity contribution < 1.29 is 19.4 Å². The number of unbranched alkanes of at least 4 members (excludes halogenated alkanes) is 23. The van der Waals surface area contributed by atoms with E-state index in [9.17, 15) is 14.7 Å². The minimum atomic E-state index is -0.828. The van der Waals surface area contributed by atoms with E-state index in [-0.39, 0.29) is 12.1 Å². The van der Waals surface area contributed by atoms with Gasteiger partial charge in [0.1, 0.15) is 6.10 Å². The van der Waals surface area contributed by atoms with Crippen LogP contribution in [0.4, 0.5) is 0 Å². The van der Waals surface area contributed by atoms with Crippen LogP contribution < -0.4 is 0 Å². The molecule has 248 valence electrons. The minimum absolute atomic E-state index is 0.0371. The van der Waals surface area contributed by atoms with Crippen molar-refractivity contribution >= 4 is 11.9 Å². The summed E-state index contributed by atoms with van der Waals surface area (Å²) < 4.78 is 6.07. The third-order valence-corrected chi connectivity index (χ3v) is 9.68. The fourth-order valence-corrected chi connectivity index (χ4v) is 6.83. The van der Waals surface area contributed by atoms with E-state index in [0.717, 1.165) is 38.5 Å². The van der Waals surface area contributed by atoms with E-state index < -0.39 is 17.8 Å². The summed E-state index contributed by atoms with van der Waals surface area (Å²) in [4.78, 5) is 24.8. The van der Waals surface area contributed by atoms with Gasteiger partial charge in [-0.05, 0) is 38.5 Å². The Labute approximate surface area is 261 Å². The SMILES string of the molecule is CCCCCCCCCCCCCCCCCC(CCCCCCCCCCCC)OC(=O)C1CCCCC1C(=O)O. The molecule has 4 nitrogen and oxygen atoms in total. The lowest BCUT2D eigenvalue weighted by molar-refractivity contribution is -0.164. The summed E-state index contributed by atoms with van der Waals surface area (Å²) in [6, 6.07) is 0. The zero-order valence-electron chi connectivity index (χ0n) is 28.3. The molecular weight excluding hydrogens is 520 g/mol. The minimum Gasteiger partial charge on any atom is -0.481 e. The molecule has 0 bridgehead atoms. The highest BCUT2D eigenvalue weighted by molar-refractivity contribution is 5.81. The molecule has 0 saturated heterocycles. The molecule has 0 radical (unpaired) electrons. The summed E-state index contributed by atoms with van der Waals surface area (Å²) in [5.41, 5.74) is 0. The van der Waals surface area contributed by atoms with Gasteiger partial charge >= 0.3 is 11.9 Å². The van der Waals surface area contributed by atoms with Gasteiger partial charge in [0.05, 0.1) is 11.8 Å². The lowest BCUT2D eigenvalue weighted by atomic mass is 9.79. The van der Waals surface area contributed by atoms with Crippen molar-refractivity contribution in [1.82, 2.24) is 0 Å². The molecule has 0 aromatic rings. The summed E-state index contributed by atoms with van der Waals surface area (Å²) in [6.45, 7) is 4.55. The Morgan fingerprint density at radius 2 is 0.833 bits per heavy atom. The van der Waals surface area contributed by atoms with Crippen LogP contribution in [0.5, 0.6) is 0 Å². The molecule has 1 aliphatic carbocycles. The van der Waals surface area contributed by atoms with Crippen LogP contribution in [0.25, 0.3) is 0 Å². The van der Waals surface area contributed by atoms with Crippen LogP contribution in [0.3, 0.4) is 0 Å². The Bertz CT molecular complexity index is 618. The number of carboxylic acid groups (broad SMARTS) is 1. The zero-order valence-corrected chi connectivity index (χ0v) is 28.3. The number of hydrogen-bond donors (Lipinski definition) is 1. The Morgan fingerprint density at radius 3 is 1.17 bits per heavy atom. The van der Waals surface area contributed by atoms with Gasteiger partial charge in [-0.1, -0.05) is 174 Å². The van der Waals surface area contributed by atoms with Gasteiger partial charge in [0.25, 0.3) is 0 Å². The molecule has 3 atom stereocenters. The molecule has 1 aliphatic rings. The average molecular weight is 593 g/mol. The van der Waals surface area contributed by atoms with Crippen LogP contribution in [-0.4, -0.2) is 23.1 Å². The Hall–Kier alpha value is -1.06. The predicted octanol–water partition coefficient (Wildman–Crippen LogP) is 12.4. The molecule has 1 saturated carbocycles. The molecule has 0 aliphatic heterocycles. The first-order chi connectivity index (χ1) is 20.6. The van der Waals surface area contributed by atoms with Gasteiger partial charge in [-0.2, -0.15) is 0 Å². The van der Waals surface area contributed by atoms with Gasteiger partial charge in [0.2, 0.25) is 0 Å². The predicted molar refractivity (Wildman–Crippen MR) is 179 cm³/mol. The Kier molecular flexibility index (Phi) is 26.6. The van der Waals surface area contributed by atoms with Crippen LogP contribution in [0.1, 0.15) is 213 Å². The second kappa shape index (κ2) is 28.7. The van der Waals surface area contributed by atoms with E-state index in [1.54, 1.807) is 0 Å². The number of carbonyl (C=O) groups excluding carboxylic acids is 1. The first-order valence-electron chi connectivity index (χ1n) is 19.0. The largest absolute Gasteiger partial charge is 0.481 e. The molecule has 1 N–H and O–H groups in total. The average Bonchev–Trinajstić information content (AvgIpc) is 2.99. The molecular formula is C38H72O4. The lowest BCUT2D eigenvalue weighted by Gasteiger charge is -2.29. The Balaban J connectivity index is 2.24. The van der Waals surface area contributed by atoms with Gasteiger partial charge < -0.3 is 9.84 Å². The molecule has 0 amide bonds. The van der Waals surface area contributed by atoms with Crippen molar-refractivity contribution in [3.05, 3.63) is 0 Å². The van der Waals surface area contributed by atoms with E-state index in [4.69, 9.17) is 4.74 Å². The molecule has 0 heterocycles. The van der Waals surface area contributed by atoms with Crippen molar-refractivity contribution in [2.24, 2.45) is 11.8 Å². The van der Waals surface area contributed by atoms with E-state index >= 15 is 0 Å². The number of hydrogen-bond acceptors (Lipinski definition) is 3. The van der Waals surface area contributed by atoms with Crippen molar-refractivity contribution in [3.8, 4) is 0 Å². The lowest BCUT2D eigenvalue weighted by Crippen LogP contribution is -2.35. The second-order valence-corrected chi connectivity index (χ2v) is 13.6. The summed E-state index contributed by atoms with van der Waals surface area (Å²) in [5.74, 6) is -2.08. The topological polar surface area (TPSA) is 63.6 Å². The number of rotatable bonds is 30. The normalized spacial score (nSPS) is 17.8. The van der Waals surface area contributed by atoms with Crippen LogP contribution in [0.2, 0.25) is 0 Å². The molecule has 0 aromatic heterocycles. The fraction of sp³-hybridized carbons (Fsp3) is 0.947. The highest BCUT2D eigenvalue weighted by atomic mass is 16.5. The van der Waals surface area contributed by atoms with Crippen LogP contribution in [0.15, 0.2) is 0 Å². The molecule has 3 unspecified atom stereocenters. The van der Waals surface area contributed by atoms with E-state index in [2.05, 4.69) is 13.8 Å². The fourth-order valence-electron chi connectivity index (χ4n) is 6.83. The van der Waals surface area contributed by atoms with Crippen LogP contribution in [-0.2, 0) is 14.3 Å². The summed E-state index contributed by atoms with van der Waals surface area (Å²) in [6.07, 6.45) is 38.3. The molecule has 0 aromatic carbocycles. The number of carbonyl (C=O) groups is 2. The van der Waals surface area contributed by atoms with Gasteiger partial charge in [-0.25, -0.2) is 0 Å². The Morgan fingerprint density at radius 1 is 0.524 bits per heavy atom. The van der Waals surface area contributed by atoms with E-state index in [0.29, 0.717) is 12.8 Å². The summed E-state index contributed by atoms with van der Waals surface area (Å²) in [5, 5.41) is 9.64. The van der Waals surface area contributed by atoms with Crippen molar-refractivity contribution in [3.63, 3.8) is 0 Å². The number of aliphatic carboxylic acids is 1. The second-order valence-electron chi connectivity index (χ2n) is 13.6. The smallest absolute Gasteiger partial charge is 0.310 e. The van der Waals surface area contributed by atoms with Gasteiger partial charge in [0.15, 0.2) is 0 Å². The number of esters is 1. The van der Waals surface area contributed by atoms with Crippen molar-refractivity contribution in [1.29, 1.82) is 0 Å². The monoisotopic (exact) mass is 593 g/mol. The molecule has 42 heavy (non-hydrogen) atoms. The quantitative estimate of drug-likeness (QED) is 0.0665. The summed E-state index contributed by atoms with van der Waals surface area (Å²) >= 11 is 0. The first-order valence-corrected chi connectivity index (χ1v) is 19.0. The van der Waals surface area contributed by atoms with Crippen molar-refractivity contribution in [2.75, 3.05) is 0 Å². The molecule has 4 heteroatoms. The maximum Gasteiger partial charge on any atom is 0.310 e. The highest BCUT2D eigenvalue weighted by Gasteiger charge is 2.37. The third kappa shape index (κ3) is 21.6. The van der Waals surface area contributed by atoms with Gasteiger partial charge in [0, 0.05) is 0 Å². The third-order valence-electron chi connectivity index (χ3n) is 9.68. The summed E-state index contributed by atoms with van der Waals surface area (Å²) in [7, 11) is 0. The molecule has 1 rings (SSSR count). The van der Waals surface area contributed by atoms with Crippen LogP contribution in [0, 0.1) is 11.8 Å².